The van der Waals surface area contributed by atoms with E-state index in [4.69, 9.17) is 0 Å². The maximum atomic E-state index is 13.8. The Morgan fingerprint density at radius 3 is 1.87 bits per heavy atom. The summed E-state index contributed by atoms with van der Waals surface area (Å²) in [7, 11) is 1.27. The average Bonchev–Trinajstić information content (AvgIpc) is 2.58. The first-order valence-electron chi connectivity index (χ1n) is 8.87. The molecule has 134 valence electrons. The summed E-state index contributed by atoms with van der Waals surface area (Å²) in [6.45, 7) is 13.4. The molecule has 1 rings (SSSR count). The molecule has 23 heavy (non-hydrogen) atoms. The third-order valence-electron chi connectivity index (χ3n) is 4.39. The number of methoxy groups -OCH3 is 1. The average molecular weight is 328 g/mol. The molecule has 0 amide bonds. The van der Waals surface area contributed by atoms with Crippen LogP contribution in [0.15, 0.2) is 36.1 Å². The van der Waals surface area contributed by atoms with Crippen molar-refractivity contribution in [3.8, 4) is 0 Å². The van der Waals surface area contributed by atoms with Crippen LogP contribution in [0.5, 0.6) is 0 Å². The van der Waals surface area contributed by atoms with Crippen LogP contribution in [0, 0.1) is 11.8 Å². The van der Waals surface area contributed by atoms with Crippen molar-refractivity contribution >= 4 is 0 Å². The van der Waals surface area contributed by atoms with Crippen LogP contribution in [0.4, 0.5) is 8.78 Å². The Morgan fingerprint density at radius 2 is 1.43 bits per heavy atom. The topological polar surface area (TPSA) is 9.23 Å². The number of hydrogen-bond acceptors (Lipinski definition) is 1. The van der Waals surface area contributed by atoms with E-state index in [0.29, 0.717) is 12.3 Å². The van der Waals surface area contributed by atoms with Gasteiger partial charge < -0.3 is 4.74 Å². The largest absolute Gasteiger partial charge is 0.494 e. The SMILES string of the molecule is C=C(CCC1CCC(CC)CC1)/C(F)=C(/F)C(=C)OC.CCC. The molecule has 0 N–H and O–H groups in total. The smallest absolute Gasteiger partial charge is 0.200 e. The summed E-state index contributed by atoms with van der Waals surface area (Å²) in [5, 5.41) is 0. The Labute approximate surface area is 141 Å². The molecule has 1 saturated carbocycles. The standard InChI is InChI=1S/C17H26F2O.C3H8/c1-5-14-8-10-15(11-9-14)7-6-12(2)16(18)17(19)13(3)20-4;1-3-2/h14-15H,2-3,5-11H2,1,4H3;3H2,1-2H3/b17-16-;. The quantitative estimate of drug-likeness (QED) is 0.353. The molecule has 0 saturated heterocycles. The molecule has 0 aromatic heterocycles. The van der Waals surface area contributed by atoms with Gasteiger partial charge in [0.1, 0.15) is 5.76 Å². The van der Waals surface area contributed by atoms with Crippen LogP contribution >= 0.6 is 0 Å². The first kappa shape index (κ1) is 21.9. The molecule has 0 aliphatic heterocycles. The van der Waals surface area contributed by atoms with Crippen molar-refractivity contribution in [2.75, 3.05) is 7.11 Å². The van der Waals surface area contributed by atoms with Gasteiger partial charge in [-0.25, -0.2) is 4.39 Å². The van der Waals surface area contributed by atoms with E-state index < -0.39 is 11.7 Å². The molecule has 1 aliphatic carbocycles. The minimum absolute atomic E-state index is 0.207. The van der Waals surface area contributed by atoms with Crippen LogP contribution in [0.25, 0.3) is 0 Å². The Balaban J connectivity index is 0.00000149. The second-order valence-electron chi connectivity index (χ2n) is 6.40. The zero-order valence-electron chi connectivity index (χ0n) is 15.4. The van der Waals surface area contributed by atoms with E-state index in [-0.39, 0.29) is 11.3 Å². The van der Waals surface area contributed by atoms with Gasteiger partial charge in [-0.05, 0) is 30.3 Å². The zero-order valence-corrected chi connectivity index (χ0v) is 15.4. The molecule has 0 aromatic rings. The molecule has 0 unspecified atom stereocenters. The predicted octanol–water partition coefficient (Wildman–Crippen LogP) is 7.27. The fourth-order valence-electron chi connectivity index (χ4n) is 2.78. The lowest BCUT2D eigenvalue weighted by Crippen LogP contribution is -2.14. The Hall–Kier alpha value is -1.12. The van der Waals surface area contributed by atoms with Gasteiger partial charge in [0.05, 0.1) is 7.11 Å². The first-order chi connectivity index (χ1) is 10.9. The van der Waals surface area contributed by atoms with Gasteiger partial charge in [-0.2, -0.15) is 4.39 Å². The van der Waals surface area contributed by atoms with Gasteiger partial charge in [0, 0.05) is 0 Å². The molecule has 0 atom stereocenters. The maximum absolute atomic E-state index is 13.8. The predicted molar refractivity (Wildman–Crippen MR) is 95.5 cm³/mol. The van der Waals surface area contributed by atoms with Crippen LogP contribution in [0.2, 0.25) is 0 Å². The normalized spacial score (nSPS) is 21.7. The van der Waals surface area contributed by atoms with Gasteiger partial charge in [0.25, 0.3) is 0 Å². The van der Waals surface area contributed by atoms with E-state index in [1.54, 1.807) is 0 Å². The van der Waals surface area contributed by atoms with Crippen molar-refractivity contribution in [3.05, 3.63) is 36.1 Å². The van der Waals surface area contributed by atoms with Gasteiger partial charge in [-0.1, -0.05) is 72.5 Å². The van der Waals surface area contributed by atoms with Crippen molar-refractivity contribution in [1.82, 2.24) is 0 Å². The van der Waals surface area contributed by atoms with Crippen LogP contribution < -0.4 is 0 Å². The lowest BCUT2D eigenvalue weighted by Gasteiger charge is -2.27. The molecule has 0 spiro atoms. The minimum Gasteiger partial charge on any atom is -0.494 e. The van der Waals surface area contributed by atoms with Gasteiger partial charge in [0.15, 0.2) is 11.7 Å². The Morgan fingerprint density at radius 1 is 0.957 bits per heavy atom. The van der Waals surface area contributed by atoms with E-state index in [1.165, 1.54) is 45.6 Å². The molecule has 1 fully saturated rings. The number of ether oxygens (including phenoxy) is 1. The van der Waals surface area contributed by atoms with Crippen molar-refractivity contribution in [3.63, 3.8) is 0 Å². The molecule has 0 aromatic carbocycles. The summed E-state index contributed by atoms with van der Waals surface area (Å²) in [5.41, 5.74) is 0.207. The highest BCUT2D eigenvalue weighted by atomic mass is 19.2. The molecular weight excluding hydrogens is 294 g/mol. The van der Waals surface area contributed by atoms with Crippen LogP contribution in [0.1, 0.15) is 72.1 Å². The summed E-state index contributed by atoms with van der Waals surface area (Å²) in [5.74, 6) is -0.761. The highest BCUT2D eigenvalue weighted by Crippen LogP contribution is 2.35. The van der Waals surface area contributed by atoms with E-state index >= 15 is 0 Å². The minimum atomic E-state index is -1.04. The molecule has 0 heterocycles. The summed E-state index contributed by atoms with van der Waals surface area (Å²) < 4.78 is 31.9. The van der Waals surface area contributed by atoms with E-state index in [9.17, 15) is 8.78 Å². The third-order valence-corrected chi connectivity index (χ3v) is 4.39. The summed E-state index contributed by atoms with van der Waals surface area (Å²) >= 11 is 0. The molecule has 3 heteroatoms. The van der Waals surface area contributed by atoms with E-state index in [1.807, 2.05) is 0 Å². The third kappa shape index (κ3) is 8.34. The number of halogens is 2. The monoisotopic (exact) mass is 328 g/mol. The van der Waals surface area contributed by atoms with Crippen molar-refractivity contribution < 1.29 is 13.5 Å². The lowest BCUT2D eigenvalue weighted by molar-refractivity contribution is 0.258. The maximum Gasteiger partial charge on any atom is 0.200 e. The fraction of sp³-hybridized carbons (Fsp3) is 0.700. The molecule has 1 aliphatic rings. The number of hydrogen-bond donors (Lipinski definition) is 0. The van der Waals surface area contributed by atoms with Crippen molar-refractivity contribution in [2.45, 2.75) is 72.1 Å². The number of rotatable bonds is 7. The summed E-state index contributed by atoms with van der Waals surface area (Å²) in [6, 6.07) is 0. The molecule has 0 bridgehead atoms. The Kier molecular flexibility index (Phi) is 11.7. The van der Waals surface area contributed by atoms with Crippen LogP contribution in [-0.4, -0.2) is 7.11 Å². The van der Waals surface area contributed by atoms with Gasteiger partial charge in [-0.15, -0.1) is 0 Å². The summed E-state index contributed by atoms with van der Waals surface area (Å²) in [4.78, 5) is 0. The zero-order chi connectivity index (χ0) is 17.8. The highest BCUT2D eigenvalue weighted by molar-refractivity contribution is 5.32. The second-order valence-corrected chi connectivity index (χ2v) is 6.40. The van der Waals surface area contributed by atoms with Gasteiger partial charge >= 0.3 is 0 Å². The van der Waals surface area contributed by atoms with Crippen molar-refractivity contribution in [1.29, 1.82) is 0 Å². The van der Waals surface area contributed by atoms with E-state index in [2.05, 4.69) is 38.7 Å². The highest BCUT2D eigenvalue weighted by Gasteiger charge is 2.21. The second kappa shape index (κ2) is 12.3. The van der Waals surface area contributed by atoms with Gasteiger partial charge in [-0.3, -0.25) is 0 Å². The van der Waals surface area contributed by atoms with Crippen LogP contribution in [0.3, 0.4) is 0 Å². The van der Waals surface area contributed by atoms with Crippen LogP contribution in [-0.2, 0) is 4.74 Å². The molecular formula is C20H34F2O. The lowest BCUT2D eigenvalue weighted by atomic mass is 9.78. The summed E-state index contributed by atoms with van der Waals surface area (Å²) in [6.07, 6.45) is 8.81. The molecule has 0 radical (unpaired) electrons. The van der Waals surface area contributed by atoms with Gasteiger partial charge in [0.2, 0.25) is 0 Å². The van der Waals surface area contributed by atoms with Crippen molar-refractivity contribution in [2.24, 2.45) is 11.8 Å². The molecule has 1 nitrogen and oxygen atoms in total. The fourth-order valence-corrected chi connectivity index (χ4v) is 2.78. The first-order valence-corrected chi connectivity index (χ1v) is 8.87. The Bertz CT molecular complexity index is 390. The van der Waals surface area contributed by atoms with E-state index in [0.717, 1.165) is 12.3 Å². The number of allylic oxidation sites excluding steroid dienone is 3.